The average Bonchev–Trinajstić information content (AvgIpc) is 3.34. The number of carbonyl (C=O) groups excluding carboxylic acids is 1. The van der Waals surface area contributed by atoms with Crippen molar-refractivity contribution in [2.45, 2.75) is 50.6 Å². The molecule has 0 aliphatic carbocycles. The largest absolute Gasteiger partial charge is 0.351 e. The number of hydrogen-bond donors (Lipinski definition) is 1. The number of nitrogens with one attached hydrogen (secondary N) is 1. The van der Waals surface area contributed by atoms with Gasteiger partial charge in [0.25, 0.3) is 5.91 Å². The van der Waals surface area contributed by atoms with Crippen LogP contribution in [-0.4, -0.2) is 29.8 Å². The third kappa shape index (κ3) is 4.74. The van der Waals surface area contributed by atoms with Gasteiger partial charge in [-0.2, -0.15) is 4.31 Å². The standard InChI is InChI=1S/C24H25F2N3O4S/c1-15-8-9-23(17-6-4-3-5-7-17)34(31,32)29(15)14-18-12-21(26)19(13-20(18)25)16(2)28-24(30)22-10-11-27-33-22/h3-7,10-13,15-16,23H,8-9,14H2,1-2H3,(H,28,30)/t15-,16?,23+/m1/s1. The van der Waals surface area contributed by atoms with Crippen molar-refractivity contribution in [3.63, 3.8) is 0 Å². The summed E-state index contributed by atoms with van der Waals surface area (Å²) in [5.74, 6) is -2.17. The lowest BCUT2D eigenvalue weighted by atomic mass is 10.0. The Hall–Kier alpha value is -3.11. The molecule has 0 bridgehead atoms. The zero-order valence-electron chi connectivity index (χ0n) is 18.7. The molecule has 1 aliphatic rings. The summed E-state index contributed by atoms with van der Waals surface area (Å²) in [7, 11) is -3.79. The summed E-state index contributed by atoms with van der Waals surface area (Å²) in [6, 6.07) is 11.0. The van der Waals surface area contributed by atoms with Crippen molar-refractivity contribution in [1.29, 1.82) is 0 Å². The molecule has 1 fully saturated rings. The van der Waals surface area contributed by atoms with Crippen LogP contribution in [0.4, 0.5) is 8.78 Å². The van der Waals surface area contributed by atoms with Gasteiger partial charge in [-0.25, -0.2) is 17.2 Å². The number of carbonyl (C=O) groups is 1. The monoisotopic (exact) mass is 489 g/mol. The van der Waals surface area contributed by atoms with Gasteiger partial charge in [-0.15, -0.1) is 0 Å². The molecular formula is C24H25F2N3O4S. The maximum absolute atomic E-state index is 15.0. The highest BCUT2D eigenvalue weighted by Gasteiger charge is 2.40. The SMILES string of the molecule is CC(NC(=O)c1ccno1)c1cc(F)c(CN2[C@H](C)CC[C@@H](c3ccccc3)S2(=O)=O)cc1F. The summed E-state index contributed by atoms with van der Waals surface area (Å²) in [5, 5.41) is 5.23. The number of benzene rings is 2. The number of sulfonamides is 1. The topological polar surface area (TPSA) is 92.5 Å². The van der Waals surface area contributed by atoms with Crippen molar-refractivity contribution < 1.29 is 26.5 Å². The van der Waals surface area contributed by atoms with Crippen LogP contribution in [0.25, 0.3) is 0 Å². The maximum Gasteiger partial charge on any atom is 0.290 e. The Bertz CT molecular complexity index is 1270. The molecule has 0 saturated carbocycles. The average molecular weight is 490 g/mol. The Morgan fingerprint density at radius 1 is 1.18 bits per heavy atom. The van der Waals surface area contributed by atoms with E-state index in [1.54, 1.807) is 31.2 Å². The van der Waals surface area contributed by atoms with Gasteiger partial charge in [0, 0.05) is 29.8 Å². The number of hydrogen-bond acceptors (Lipinski definition) is 5. The Labute approximate surface area is 196 Å². The summed E-state index contributed by atoms with van der Waals surface area (Å²) in [6.07, 6.45) is 2.36. The normalized spacial score (nSPS) is 21.2. The van der Waals surface area contributed by atoms with Crippen LogP contribution in [0, 0.1) is 11.6 Å². The van der Waals surface area contributed by atoms with Gasteiger partial charge in [0.15, 0.2) is 0 Å². The van der Waals surface area contributed by atoms with E-state index in [-0.39, 0.29) is 29.5 Å². The molecule has 2 aromatic carbocycles. The molecular weight excluding hydrogens is 464 g/mol. The molecule has 3 aromatic rings. The van der Waals surface area contributed by atoms with Crippen molar-refractivity contribution >= 4 is 15.9 Å². The molecule has 0 radical (unpaired) electrons. The Morgan fingerprint density at radius 3 is 2.59 bits per heavy atom. The van der Waals surface area contributed by atoms with Crippen molar-refractivity contribution in [3.05, 3.63) is 88.8 Å². The maximum atomic E-state index is 15.0. The first-order chi connectivity index (χ1) is 16.2. The highest BCUT2D eigenvalue weighted by atomic mass is 32.2. The van der Waals surface area contributed by atoms with E-state index in [4.69, 9.17) is 4.52 Å². The Balaban J connectivity index is 1.56. The van der Waals surface area contributed by atoms with Crippen LogP contribution in [0.15, 0.2) is 59.3 Å². The summed E-state index contributed by atoms with van der Waals surface area (Å²) >= 11 is 0. The number of rotatable bonds is 6. The van der Waals surface area contributed by atoms with Gasteiger partial charge in [-0.1, -0.05) is 35.5 Å². The number of halogens is 2. The highest BCUT2D eigenvalue weighted by Crippen LogP contribution is 2.38. The fourth-order valence-electron chi connectivity index (χ4n) is 4.25. The molecule has 1 amide bonds. The third-order valence-electron chi connectivity index (χ3n) is 6.16. The van der Waals surface area contributed by atoms with Crippen LogP contribution in [0.2, 0.25) is 0 Å². The molecule has 1 N–H and O–H groups in total. The lowest BCUT2D eigenvalue weighted by Crippen LogP contribution is -2.44. The number of aromatic nitrogens is 1. The first kappa shape index (κ1) is 24.0. The summed E-state index contributed by atoms with van der Waals surface area (Å²) in [5.41, 5.74) is 0.544. The van der Waals surface area contributed by atoms with Gasteiger partial charge in [0.1, 0.15) is 16.9 Å². The summed E-state index contributed by atoms with van der Waals surface area (Å²) < 4.78 is 62.7. The summed E-state index contributed by atoms with van der Waals surface area (Å²) in [6.45, 7) is 2.99. The van der Waals surface area contributed by atoms with E-state index in [1.165, 1.54) is 23.5 Å². The first-order valence-electron chi connectivity index (χ1n) is 10.9. The van der Waals surface area contributed by atoms with Gasteiger partial charge in [0.05, 0.1) is 12.2 Å². The van der Waals surface area contributed by atoms with E-state index in [1.807, 2.05) is 6.07 Å². The Morgan fingerprint density at radius 2 is 1.91 bits per heavy atom. The van der Waals surface area contributed by atoms with E-state index < -0.39 is 38.9 Å². The molecule has 3 atom stereocenters. The quantitative estimate of drug-likeness (QED) is 0.551. The lowest BCUT2D eigenvalue weighted by Gasteiger charge is -2.37. The fraction of sp³-hybridized carbons (Fsp3) is 0.333. The van der Waals surface area contributed by atoms with Crippen molar-refractivity contribution in [3.8, 4) is 0 Å². The van der Waals surface area contributed by atoms with Crippen molar-refractivity contribution in [1.82, 2.24) is 14.8 Å². The minimum absolute atomic E-state index is 0.0541. The molecule has 10 heteroatoms. The minimum atomic E-state index is -3.79. The molecule has 1 aromatic heterocycles. The molecule has 2 heterocycles. The van der Waals surface area contributed by atoms with E-state index in [0.29, 0.717) is 18.4 Å². The van der Waals surface area contributed by atoms with Crippen LogP contribution < -0.4 is 5.32 Å². The summed E-state index contributed by atoms with van der Waals surface area (Å²) in [4.78, 5) is 12.1. The molecule has 4 rings (SSSR count). The molecule has 1 saturated heterocycles. The predicted octanol–water partition coefficient (Wildman–Crippen LogP) is 4.50. The Kier molecular flexibility index (Phi) is 6.81. The van der Waals surface area contributed by atoms with Crippen LogP contribution in [0.5, 0.6) is 0 Å². The highest BCUT2D eigenvalue weighted by molar-refractivity contribution is 7.89. The van der Waals surface area contributed by atoms with Crippen LogP contribution in [0.1, 0.15) is 65.2 Å². The van der Waals surface area contributed by atoms with E-state index in [0.717, 1.165) is 12.1 Å². The minimum Gasteiger partial charge on any atom is -0.351 e. The van der Waals surface area contributed by atoms with Crippen LogP contribution in [-0.2, 0) is 16.6 Å². The van der Waals surface area contributed by atoms with Crippen molar-refractivity contribution in [2.75, 3.05) is 0 Å². The molecule has 1 aliphatic heterocycles. The van der Waals surface area contributed by atoms with Crippen molar-refractivity contribution in [2.24, 2.45) is 0 Å². The molecule has 7 nitrogen and oxygen atoms in total. The van der Waals surface area contributed by atoms with Gasteiger partial charge in [-0.3, -0.25) is 4.79 Å². The van der Waals surface area contributed by atoms with Gasteiger partial charge >= 0.3 is 0 Å². The first-order valence-corrected chi connectivity index (χ1v) is 12.4. The molecule has 34 heavy (non-hydrogen) atoms. The second-order valence-corrected chi connectivity index (χ2v) is 10.5. The van der Waals surface area contributed by atoms with E-state index >= 15 is 4.39 Å². The third-order valence-corrected chi connectivity index (χ3v) is 8.53. The fourth-order valence-corrected chi connectivity index (χ4v) is 6.44. The lowest BCUT2D eigenvalue weighted by molar-refractivity contribution is 0.0902. The smallest absolute Gasteiger partial charge is 0.290 e. The molecule has 180 valence electrons. The zero-order chi connectivity index (χ0) is 24.5. The van der Waals surface area contributed by atoms with E-state index in [2.05, 4.69) is 10.5 Å². The number of nitrogens with zero attached hydrogens (tertiary/aromatic N) is 2. The second kappa shape index (κ2) is 9.63. The van der Waals surface area contributed by atoms with E-state index in [9.17, 15) is 17.6 Å². The predicted molar refractivity (Wildman–Crippen MR) is 121 cm³/mol. The number of amides is 1. The zero-order valence-corrected chi connectivity index (χ0v) is 19.6. The van der Waals surface area contributed by atoms with Crippen LogP contribution in [0.3, 0.4) is 0 Å². The second-order valence-electron chi connectivity index (χ2n) is 8.45. The van der Waals surface area contributed by atoms with Gasteiger partial charge < -0.3 is 9.84 Å². The van der Waals surface area contributed by atoms with Crippen LogP contribution >= 0.6 is 0 Å². The molecule has 0 spiro atoms. The molecule has 1 unspecified atom stereocenters. The van der Waals surface area contributed by atoms with Gasteiger partial charge in [0.2, 0.25) is 15.8 Å². The van der Waals surface area contributed by atoms with Gasteiger partial charge in [-0.05, 0) is 44.4 Å².